The van der Waals surface area contributed by atoms with Gasteiger partial charge in [0.1, 0.15) is 12.4 Å². The molecule has 1 unspecified atom stereocenters. The maximum Gasteiger partial charge on any atom is 0.240 e. The van der Waals surface area contributed by atoms with E-state index in [1.54, 1.807) is 0 Å². The van der Waals surface area contributed by atoms with E-state index in [1.807, 2.05) is 56.5 Å². The summed E-state index contributed by atoms with van der Waals surface area (Å²) >= 11 is 6.18. The molecule has 0 saturated heterocycles. The lowest BCUT2D eigenvalue weighted by Gasteiger charge is -2.21. The van der Waals surface area contributed by atoms with Crippen LogP contribution in [0.5, 0.6) is 0 Å². The van der Waals surface area contributed by atoms with Crippen molar-refractivity contribution in [2.75, 3.05) is 0 Å². The number of para-hydroxylation sites is 2. The number of hydrogen-bond donors (Lipinski definition) is 1. The third kappa shape index (κ3) is 3.31. The van der Waals surface area contributed by atoms with Crippen LogP contribution in [0.25, 0.3) is 11.0 Å². The van der Waals surface area contributed by atoms with E-state index < -0.39 is 0 Å². The summed E-state index contributed by atoms with van der Waals surface area (Å²) in [4.78, 5) is 16.7. The van der Waals surface area contributed by atoms with Gasteiger partial charge in [0.15, 0.2) is 0 Å². The highest BCUT2D eigenvalue weighted by atomic mass is 35.5. The highest BCUT2D eigenvalue weighted by molar-refractivity contribution is 6.20. The van der Waals surface area contributed by atoms with Crippen LogP contribution in [0.1, 0.15) is 38.9 Å². The zero-order valence-electron chi connectivity index (χ0n) is 12.3. The summed E-state index contributed by atoms with van der Waals surface area (Å²) < 4.78 is 1.88. The number of rotatable bonds is 3. The Labute approximate surface area is 124 Å². The van der Waals surface area contributed by atoms with Crippen molar-refractivity contribution >= 4 is 28.5 Å². The number of alkyl halides is 1. The number of nitrogens with zero attached hydrogens (tertiary/aromatic N) is 2. The highest BCUT2D eigenvalue weighted by Crippen LogP contribution is 2.24. The normalized spacial score (nSPS) is 13.4. The Morgan fingerprint density at radius 3 is 2.65 bits per heavy atom. The molecule has 20 heavy (non-hydrogen) atoms. The van der Waals surface area contributed by atoms with Crippen LogP contribution < -0.4 is 5.32 Å². The van der Waals surface area contributed by atoms with Gasteiger partial charge in [0.2, 0.25) is 5.91 Å². The van der Waals surface area contributed by atoms with Gasteiger partial charge in [-0.15, -0.1) is 11.6 Å². The molecule has 1 N–H and O–H groups in total. The van der Waals surface area contributed by atoms with E-state index in [0.717, 1.165) is 16.9 Å². The first-order valence-corrected chi connectivity index (χ1v) is 7.12. The number of halogens is 1. The number of fused-ring (bicyclic) bond motifs is 1. The molecule has 0 fully saturated rings. The fraction of sp³-hybridized carbons (Fsp3) is 0.467. The molecule has 0 radical (unpaired) electrons. The van der Waals surface area contributed by atoms with E-state index in [2.05, 4.69) is 10.3 Å². The molecule has 0 saturated carbocycles. The summed E-state index contributed by atoms with van der Waals surface area (Å²) in [5, 5.41) is 2.71. The smallest absolute Gasteiger partial charge is 0.240 e. The van der Waals surface area contributed by atoms with Gasteiger partial charge in [-0.2, -0.15) is 0 Å². The number of amides is 1. The number of benzene rings is 1. The molecular formula is C15H20ClN3O. The number of nitrogens with one attached hydrogen (secondary N) is 1. The Bertz CT molecular complexity index is 626. The summed E-state index contributed by atoms with van der Waals surface area (Å²) in [5.41, 5.74) is 1.54. The molecule has 1 heterocycles. The lowest BCUT2D eigenvalue weighted by molar-refractivity contribution is -0.123. The van der Waals surface area contributed by atoms with Gasteiger partial charge in [0.25, 0.3) is 0 Å². The molecule has 4 nitrogen and oxygen atoms in total. The first kappa shape index (κ1) is 14.9. The fourth-order valence-corrected chi connectivity index (χ4v) is 2.33. The van der Waals surface area contributed by atoms with Crippen molar-refractivity contribution < 1.29 is 4.79 Å². The number of carbonyl (C=O) groups excluding carboxylic acids is 1. The molecule has 1 amide bonds. The zero-order valence-corrected chi connectivity index (χ0v) is 13.0. The lowest BCUT2D eigenvalue weighted by Crippen LogP contribution is -2.42. The molecule has 2 rings (SSSR count). The monoisotopic (exact) mass is 293 g/mol. The van der Waals surface area contributed by atoms with Crippen LogP contribution in [0.4, 0.5) is 0 Å². The molecule has 0 aliphatic heterocycles. The third-order valence-corrected chi connectivity index (χ3v) is 3.05. The van der Waals surface area contributed by atoms with Gasteiger partial charge in [0, 0.05) is 5.54 Å². The van der Waals surface area contributed by atoms with Crippen LogP contribution in [-0.4, -0.2) is 21.0 Å². The second-order valence-corrected chi connectivity index (χ2v) is 6.61. The molecule has 2 aromatic rings. The Morgan fingerprint density at radius 2 is 2.05 bits per heavy atom. The molecule has 108 valence electrons. The molecule has 1 atom stereocenters. The molecule has 0 aliphatic rings. The Morgan fingerprint density at radius 1 is 1.40 bits per heavy atom. The minimum atomic E-state index is -0.250. The number of hydrogen-bond acceptors (Lipinski definition) is 2. The fourth-order valence-electron chi connectivity index (χ4n) is 2.17. The van der Waals surface area contributed by atoms with Gasteiger partial charge in [-0.3, -0.25) is 4.79 Å². The molecule has 0 aliphatic carbocycles. The predicted molar refractivity (Wildman–Crippen MR) is 81.9 cm³/mol. The second-order valence-electron chi connectivity index (χ2n) is 5.96. The molecule has 5 heteroatoms. The van der Waals surface area contributed by atoms with Crippen LogP contribution in [0.2, 0.25) is 0 Å². The van der Waals surface area contributed by atoms with Gasteiger partial charge in [-0.05, 0) is 39.8 Å². The minimum absolute atomic E-state index is 0.0424. The van der Waals surface area contributed by atoms with Crippen molar-refractivity contribution in [3.8, 4) is 0 Å². The first-order valence-electron chi connectivity index (χ1n) is 6.68. The Balaban J connectivity index is 2.37. The topological polar surface area (TPSA) is 46.9 Å². The molecular weight excluding hydrogens is 274 g/mol. The molecule has 1 aromatic heterocycles. The summed E-state index contributed by atoms with van der Waals surface area (Å²) in [6.45, 7) is 7.97. The highest BCUT2D eigenvalue weighted by Gasteiger charge is 2.19. The van der Waals surface area contributed by atoms with Crippen LogP contribution in [0, 0.1) is 0 Å². The van der Waals surface area contributed by atoms with Crippen LogP contribution in [-0.2, 0) is 11.3 Å². The van der Waals surface area contributed by atoms with Crippen molar-refractivity contribution in [3.63, 3.8) is 0 Å². The van der Waals surface area contributed by atoms with Gasteiger partial charge in [-0.1, -0.05) is 12.1 Å². The number of imidazole rings is 1. The van der Waals surface area contributed by atoms with Crippen molar-refractivity contribution in [3.05, 3.63) is 30.1 Å². The first-order chi connectivity index (χ1) is 9.28. The predicted octanol–water partition coefficient (Wildman–Crippen LogP) is 3.25. The average molecular weight is 294 g/mol. The van der Waals surface area contributed by atoms with Crippen LogP contribution in [0.3, 0.4) is 0 Å². The Kier molecular flexibility index (Phi) is 4.04. The number of aromatic nitrogens is 2. The minimum Gasteiger partial charge on any atom is -0.350 e. The lowest BCUT2D eigenvalue weighted by atomic mass is 10.1. The second kappa shape index (κ2) is 5.44. The van der Waals surface area contributed by atoms with E-state index in [9.17, 15) is 4.79 Å². The van der Waals surface area contributed by atoms with Gasteiger partial charge in [0.05, 0.1) is 16.4 Å². The average Bonchev–Trinajstić information content (AvgIpc) is 2.66. The van der Waals surface area contributed by atoms with E-state index in [-0.39, 0.29) is 23.4 Å². The molecule has 1 aromatic carbocycles. The van der Waals surface area contributed by atoms with Crippen LogP contribution in [0.15, 0.2) is 24.3 Å². The largest absolute Gasteiger partial charge is 0.350 e. The van der Waals surface area contributed by atoms with Crippen LogP contribution >= 0.6 is 11.6 Å². The standard InChI is InChI=1S/C15H20ClN3O/c1-10(16)14-17-11-7-5-6-8-12(11)19(14)9-13(20)18-15(2,3)4/h5-8,10H,9H2,1-4H3,(H,18,20). The van der Waals surface area contributed by atoms with E-state index in [4.69, 9.17) is 11.6 Å². The number of carbonyl (C=O) groups is 1. The molecule has 0 bridgehead atoms. The van der Waals surface area contributed by atoms with E-state index in [1.165, 1.54) is 0 Å². The van der Waals surface area contributed by atoms with Crippen molar-refractivity contribution in [1.82, 2.24) is 14.9 Å². The van der Waals surface area contributed by atoms with Crippen molar-refractivity contribution in [1.29, 1.82) is 0 Å². The van der Waals surface area contributed by atoms with E-state index >= 15 is 0 Å². The Hall–Kier alpha value is -1.55. The third-order valence-electron chi connectivity index (χ3n) is 2.86. The van der Waals surface area contributed by atoms with Gasteiger partial charge >= 0.3 is 0 Å². The summed E-state index contributed by atoms with van der Waals surface area (Å²) in [6, 6.07) is 7.74. The maximum absolute atomic E-state index is 12.1. The van der Waals surface area contributed by atoms with Gasteiger partial charge < -0.3 is 9.88 Å². The summed E-state index contributed by atoms with van der Waals surface area (Å²) in [6.07, 6.45) is 0. The van der Waals surface area contributed by atoms with Gasteiger partial charge in [-0.25, -0.2) is 4.98 Å². The summed E-state index contributed by atoms with van der Waals surface area (Å²) in [5.74, 6) is 0.677. The zero-order chi connectivity index (χ0) is 14.9. The van der Waals surface area contributed by atoms with Crippen molar-refractivity contribution in [2.24, 2.45) is 0 Å². The quantitative estimate of drug-likeness (QED) is 0.883. The van der Waals surface area contributed by atoms with E-state index in [0.29, 0.717) is 0 Å². The molecule has 0 spiro atoms. The maximum atomic E-state index is 12.1. The summed E-state index contributed by atoms with van der Waals surface area (Å²) in [7, 11) is 0. The van der Waals surface area contributed by atoms with Crippen molar-refractivity contribution in [2.45, 2.75) is 45.2 Å². The SMILES string of the molecule is CC(Cl)c1nc2ccccc2n1CC(=O)NC(C)(C)C.